The molecule has 0 spiro atoms. The third kappa shape index (κ3) is 3.46. The van der Waals surface area contributed by atoms with E-state index in [1.165, 1.54) is 0 Å². The van der Waals surface area contributed by atoms with Gasteiger partial charge in [0.2, 0.25) is 0 Å². The molecule has 0 aromatic heterocycles. The summed E-state index contributed by atoms with van der Waals surface area (Å²) >= 11 is 0. The smallest absolute Gasteiger partial charge is 0.119 e. The van der Waals surface area contributed by atoms with Crippen LogP contribution in [0.15, 0.2) is 5.10 Å². The lowest BCUT2D eigenvalue weighted by Gasteiger charge is -1.99. The van der Waals surface area contributed by atoms with Crippen LogP contribution < -0.4 is 11.6 Å². The van der Waals surface area contributed by atoms with Crippen LogP contribution in [-0.2, 0) is 0 Å². The number of hydrogen-bond acceptors (Lipinski definition) is 2. The van der Waals surface area contributed by atoms with E-state index in [1.54, 1.807) is 0 Å². The third-order valence-electron chi connectivity index (χ3n) is 0.783. The molecule has 0 saturated carbocycles. The molecule has 3 nitrogen and oxygen atoms in total. The lowest BCUT2D eigenvalue weighted by Crippen LogP contribution is -2.16. The lowest BCUT2D eigenvalue weighted by molar-refractivity contribution is 0.679. The molecule has 0 rings (SSSR count). The zero-order chi connectivity index (χ0) is 6.57. The Hall–Kier alpha value is -0.730. The Morgan fingerprint density at radius 2 is 2.12 bits per heavy atom. The van der Waals surface area contributed by atoms with Crippen LogP contribution >= 0.6 is 0 Å². The van der Waals surface area contributed by atoms with Crippen LogP contribution in [0.5, 0.6) is 0 Å². The average Bonchev–Trinajstić information content (AvgIpc) is 1.65. The molecule has 0 amide bonds. The summed E-state index contributed by atoms with van der Waals surface area (Å²) in [4.78, 5) is 0. The standard InChI is InChI=1S/C5H13N3/c1-4(2)3-5(6)8-7/h4H,3,7H2,1-2H3,(H2,6,8). The van der Waals surface area contributed by atoms with Crippen molar-refractivity contribution in [1.29, 1.82) is 0 Å². The normalized spacial score (nSPS) is 12.6. The van der Waals surface area contributed by atoms with Gasteiger partial charge >= 0.3 is 0 Å². The van der Waals surface area contributed by atoms with Crippen LogP contribution in [0, 0.1) is 5.92 Å². The van der Waals surface area contributed by atoms with Crippen molar-refractivity contribution in [3.05, 3.63) is 0 Å². The van der Waals surface area contributed by atoms with Gasteiger partial charge in [-0.3, -0.25) is 0 Å². The summed E-state index contributed by atoms with van der Waals surface area (Å²) in [5.41, 5.74) is 5.30. The zero-order valence-electron chi connectivity index (χ0n) is 5.39. The average molecular weight is 115 g/mol. The largest absolute Gasteiger partial charge is 0.386 e. The fraction of sp³-hybridized carbons (Fsp3) is 0.800. The first-order valence-electron chi connectivity index (χ1n) is 2.69. The van der Waals surface area contributed by atoms with Crippen molar-refractivity contribution in [2.45, 2.75) is 20.3 Å². The topological polar surface area (TPSA) is 64.4 Å². The summed E-state index contributed by atoms with van der Waals surface area (Å²) in [6.45, 7) is 4.14. The van der Waals surface area contributed by atoms with Gasteiger partial charge in [-0.25, -0.2) is 0 Å². The summed E-state index contributed by atoms with van der Waals surface area (Å²) in [7, 11) is 0. The van der Waals surface area contributed by atoms with Crippen LogP contribution in [0.3, 0.4) is 0 Å². The van der Waals surface area contributed by atoms with Crippen molar-refractivity contribution in [3.8, 4) is 0 Å². The highest BCUT2D eigenvalue weighted by Gasteiger charge is 1.94. The van der Waals surface area contributed by atoms with E-state index >= 15 is 0 Å². The Kier molecular flexibility index (Phi) is 2.99. The summed E-state index contributed by atoms with van der Waals surface area (Å²) in [5.74, 6) is 5.95. The SMILES string of the molecule is CC(C)CC(N)=NN. The predicted octanol–water partition coefficient (Wildman–Crippen LogP) is 0.263. The molecule has 3 heteroatoms. The van der Waals surface area contributed by atoms with Crippen LogP contribution in [-0.4, -0.2) is 5.84 Å². The van der Waals surface area contributed by atoms with E-state index in [1.807, 2.05) is 0 Å². The maximum Gasteiger partial charge on any atom is 0.119 e. The third-order valence-corrected chi connectivity index (χ3v) is 0.783. The van der Waals surface area contributed by atoms with E-state index in [4.69, 9.17) is 11.6 Å². The van der Waals surface area contributed by atoms with Crippen LogP contribution in [0.25, 0.3) is 0 Å². The van der Waals surface area contributed by atoms with Gasteiger partial charge in [0.05, 0.1) is 0 Å². The predicted molar refractivity (Wildman–Crippen MR) is 35.3 cm³/mol. The van der Waals surface area contributed by atoms with Gasteiger partial charge in [-0.1, -0.05) is 13.8 Å². The molecule has 0 atom stereocenters. The number of hydrogen-bond donors (Lipinski definition) is 2. The molecule has 48 valence electrons. The first-order chi connectivity index (χ1) is 3.66. The molecule has 4 N–H and O–H groups in total. The van der Waals surface area contributed by atoms with E-state index in [9.17, 15) is 0 Å². The molecule has 0 fully saturated rings. The summed E-state index contributed by atoms with van der Waals surface area (Å²) in [6.07, 6.45) is 0.788. The maximum atomic E-state index is 5.30. The second-order valence-corrected chi connectivity index (χ2v) is 2.22. The summed E-state index contributed by atoms with van der Waals surface area (Å²) in [6, 6.07) is 0. The zero-order valence-corrected chi connectivity index (χ0v) is 5.39. The van der Waals surface area contributed by atoms with Crippen LogP contribution in [0.4, 0.5) is 0 Å². The minimum atomic E-state index is 0.528. The van der Waals surface area contributed by atoms with Crippen molar-refractivity contribution in [1.82, 2.24) is 0 Å². The molecule has 0 heterocycles. The highest BCUT2D eigenvalue weighted by Crippen LogP contribution is 1.96. The molecule has 0 aromatic rings. The van der Waals surface area contributed by atoms with Gasteiger partial charge in [-0.15, -0.1) is 0 Å². The van der Waals surface area contributed by atoms with Gasteiger partial charge in [0.1, 0.15) is 5.84 Å². The van der Waals surface area contributed by atoms with E-state index in [0.29, 0.717) is 11.8 Å². The fourth-order valence-corrected chi connectivity index (χ4v) is 0.471. The summed E-state index contributed by atoms with van der Waals surface area (Å²) in [5, 5.41) is 3.32. The van der Waals surface area contributed by atoms with Crippen molar-refractivity contribution in [2.24, 2.45) is 22.6 Å². The second kappa shape index (κ2) is 3.29. The van der Waals surface area contributed by atoms with Crippen LogP contribution in [0.2, 0.25) is 0 Å². The van der Waals surface area contributed by atoms with E-state index in [0.717, 1.165) is 6.42 Å². The minimum absolute atomic E-state index is 0.528. The van der Waals surface area contributed by atoms with E-state index in [2.05, 4.69) is 18.9 Å². The molecule has 8 heavy (non-hydrogen) atoms. The number of amidine groups is 1. The molecule has 0 aliphatic rings. The molecule has 0 unspecified atom stereocenters. The Bertz CT molecular complexity index is 85.7. The highest BCUT2D eigenvalue weighted by atomic mass is 15.1. The van der Waals surface area contributed by atoms with E-state index in [-0.39, 0.29) is 0 Å². The second-order valence-electron chi connectivity index (χ2n) is 2.22. The van der Waals surface area contributed by atoms with Gasteiger partial charge in [0.25, 0.3) is 0 Å². The monoisotopic (exact) mass is 115 g/mol. The molecule has 0 bridgehead atoms. The maximum absolute atomic E-state index is 5.30. The minimum Gasteiger partial charge on any atom is -0.386 e. The molecule has 0 aliphatic carbocycles. The molecule has 0 radical (unpaired) electrons. The molecule has 0 saturated heterocycles. The molecular formula is C5H13N3. The Morgan fingerprint density at radius 1 is 1.62 bits per heavy atom. The number of nitrogens with two attached hydrogens (primary N) is 2. The first kappa shape index (κ1) is 7.27. The van der Waals surface area contributed by atoms with Crippen molar-refractivity contribution in [3.63, 3.8) is 0 Å². The molecular weight excluding hydrogens is 102 g/mol. The number of rotatable bonds is 2. The number of hydrazone groups is 1. The lowest BCUT2D eigenvalue weighted by atomic mass is 10.1. The van der Waals surface area contributed by atoms with E-state index < -0.39 is 0 Å². The van der Waals surface area contributed by atoms with Gasteiger partial charge in [0.15, 0.2) is 0 Å². The summed E-state index contributed by atoms with van der Waals surface area (Å²) < 4.78 is 0. The van der Waals surface area contributed by atoms with Crippen molar-refractivity contribution >= 4 is 5.84 Å². The van der Waals surface area contributed by atoms with Gasteiger partial charge in [-0.2, -0.15) is 5.10 Å². The number of nitrogens with zero attached hydrogens (tertiary/aromatic N) is 1. The van der Waals surface area contributed by atoms with Gasteiger partial charge in [-0.05, 0) is 5.92 Å². The highest BCUT2D eigenvalue weighted by molar-refractivity contribution is 5.79. The Morgan fingerprint density at radius 3 is 2.25 bits per heavy atom. The van der Waals surface area contributed by atoms with Crippen molar-refractivity contribution in [2.75, 3.05) is 0 Å². The fourth-order valence-electron chi connectivity index (χ4n) is 0.471. The van der Waals surface area contributed by atoms with Gasteiger partial charge < -0.3 is 11.6 Å². The quantitative estimate of drug-likeness (QED) is 0.235. The molecule has 0 aromatic carbocycles. The first-order valence-corrected chi connectivity index (χ1v) is 2.69. The molecule has 0 aliphatic heterocycles. The van der Waals surface area contributed by atoms with Gasteiger partial charge in [0, 0.05) is 6.42 Å². The van der Waals surface area contributed by atoms with Crippen molar-refractivity contribution < 1.29 is 0 Å². The Balaban J connectivity index is 3.39. The van der Waals surface area contributed by atoms with Crippen LogP contribution in [0.1, 0.15) is 20.3 Å². The Labute approximate surface area is 49.7 Å².